The summed E-state index contributed by atoms with van der Waals surface area (Å²) >= 11 is 0. The van der Waals surface area contributed by atoms with Crippen molar-refractivity contribution in [2.45, 2.75) is 33.6 Å². The van der Waals surface area contributed by atoms with Gasteiger partial charge in [-0.25, -0.2) is 0 Å². The number of carbonyl (C=O) groups is 3. The van der Waals surface area contributed by atoms with Crippen LogP contribution in [0, 0.1) is 5.41 Å². The summed E-state index contributed by atoms with van der Waals surface area (Å²) in [4.78, 5) is 35.5. The monoisotopic (exact) mass is 382 g/mol. The normalized spacial score (nSPS) is 12.1. The zero-order chi connectivity index (χ0) is 20.9. The fourth-order valence-corrected chi connectivity index (χ4v) is 2.42. The number of nitrogens with one attached hydrogen (secondary N) is 2. The summed E-state index contributed by atoms with van der Waals surface area (Å²) in [7, 11) is 0. The molecule has 0 saturated carbocycles. The van der Waals surface area contributed by atoms with Crippen molar-refractivity contribution in [3.63, 3.8) is 0 Å². The van der Waals surface area contributed by atoms with Crippen molar-refractivity contribution in [2.75, 3.05) is 11.9 Å². The predicted octanol–water partition coefficient (Wildman–Crippen LogP) is 3.90. The molecule has 0 aliphatic rings. The van der Waals surface area contributed by atoms with Gasteiger partial charge in [-0.2, -0.15) is 0 Å². The highest BCUT2D eigenvalue weighted by atomic mass is 16.4. The number of carbonyl (C=O) groups excluding carboxylic acids is 2. The maximum absolute atomic E-state index is 12.4. The second-order valence-electron chi connectivity index (χ2n) is 7.96. The Hall–Kier alpha value is -3.15. The van der Waals surface area contributed by atoms with Gasteiger partial charge in [0.05, 0.1) is 5.92 Å². The van der Waals surface area contributed by atoms with E-state index in [1.54, 1.807) is 55.5 Å². The molecule has 0 bridgehead atoms. The largest absolute Gasteiger partial charge is 0.481 e. The molecular formula is C22H26N2O4. The maximum Gasteiger partial charge on any atom is 0.310 e. The molecule has 0 fully saturated rings. The third-order valence-electron chi connectivity index (χ3n) is 4.23. The van der Waals surface area contributed by atoms with Crippen LogP contribution < -0.4 is 10.6 Å². The first-order valence-electron chi connectivity index (χ1n) is 9.09. The molecule has 0 radical (unpaired) electrons. The lowest BCUT2D eigenvalue weighted by atomic mass is 9.97. The topological polar surface area (TPSA) is 95.5 Å². The molecule has 2 aromatic rings. The molecule has 6 nitrogen and oxygen atoms in total. The molecule has 6 heteroatoms. The van der Waals surface area contributed by atoms with Gasteiger partial charge in [0.15, 0.2) is 0 Å². The first-order chi connectivity index (χ1) is 13.1. The Morgan fingerprint density at radius 2 is 1.39 bits per heavy atom. The van der Waals surface area contributed by atoms with Gasteiger partial charge in [0, 0.05) is 23.4 Å². The molecule has 28 heavy (non-hydrogen) atoms. The minimum absolute atomic E-state index is 0.00665. The molecule has 0 aromatic heterocycles. The highest BCUT2D eigenvalue weighted by molar-refractivity contribution is 6.05. The number of amides is 2. The summed E-state index contributed by atoms with van der Waals surface area (Å²) in [6, 6.07) is 13.1. The summed E-state index contributed by atoms with van der Waals surface area (Å²) in [5, 5.41) is 14.7. The van der Waals surface area contributed by atoms with Gasteiger partial charge < -0.3 is 15.7 Å². The van der Waals surface area contributed by atoms with Crippen molar-refractivity contribution in [1.82, 2.24) is 5.32 Å². The van der Waals surface area contributed by atoms with Gasteiger partial charge >= 0.3 is 5.97 Å². The minimum Gasteiger partial charge on any atom is -0.481 e. The quantitative estimate of drug-likeness (QED) is 0.706. The zero-order valence-electron chi connectivity index (χ0n) is 16.6. The van der Waals surface area contributed by atoms with Crippen molar-refractivity contribution < 1.29 is 19.5 Å². The molecule has 0 aliphatic carbocycles. The first kappa shape index (κ1) is 21.2. The van der Waals surface area contributed by atoms with Crippen LogP contribution in [0.15, 0.2) is 48.5 Å². The minimum atomic E-state index is -0.900. The van der Waals surface area contributed by atoms with Crippen LogP contribution in [0.2, 0.25) is 0 Å². The number of benzene rings is 2. The highest BCUT2D eigenvalue weighted by Gasteiger charge is 2.15. The Kier molecular flexibility index (Phi) is 6.57. The SMILES string of the molecule is CC(C(=O)O)c1ccc(NC(=O)c2ccc(C(=O)NCC(C)(C)C)cc2)cc1. The highest BCUT2D eigenvalue weighted by Crippen LogP contribution is 2.19. The second-order valence-corrected chi connectivity index (χ2v) is 7.96. The Bertz CT molecular complexity index is 850. The van der Waals surface area contributed by atoms with Gasteiger partial charge in [-0.05, 0) is 54.3 Å². The van der Waals surface area contributed by atoms with Crippen molar-refractivity contribution in [3.05, 3.63) is 65.2 Å². The smallest absolute Gasteiger partial charge is 0.310 e. The van der Waals surface area contributed by atoms with Crippen molar-refractivity contribution in [2.24, 2.45) is 5.41 Å². The van der Waals surface area contributed by atoms with Gasteiger partial charge in [0.2, 0.25) is 0 Å². The van der Waals surface area contributed by atoms with E-state index in [-0.39, 0.29) is 17.2 Å². The van der Waals surface area contributed by atoms with E-state index in [1.807, 2.05) is 20.8 Å². The third kappa shape index (κ3) is 5.94. The lowest BCUT2D eigenvalue weighted by Crippen LogP contribution is -2.32. The number of carboxylic acids is 1. The molecule has 2 rings (SSSR count). The van der Waals surface area contributed by atoms with Crippen LogP contribution in [0.5, 0.6) is 0 Å². The summed E-state index contributed by atoms with van der Waals surface area (Å²) in [5.41, 5.74) is 2.14. The number of carboxylic acid groups (broad SMARTS) is 1. The van der Waals surface area contributed by atoms with E-state index >= 15 is 0 Å². The summed E-state index contributed by atoms with van der Waals surface area (Å²) in [6.07, 6.45) is 0. The van der Waals surface area contributed by atoms with Crippen LogP contribution >= 0.6 is 0 Å². The Morgan fingerprint density at radius 3 is 1.86 bits per heavy atom. The number of hydrogen-bond acceptors (Lipinski definition) is 3. The fourth-order valence-electron chi connectivity index (χ4n) is 2.42. The molecule has 0 saturated heterocycles. The number of aliphatic carboxylic acids is 1. The zero-order valence-corrected chi connectivity index (χ0v) is 16.6. The Labute approximate surface area is 165 Å². The van der Waals surface area contributed by atoms with E-state index in [0.717, 1.165) is 0 Å². The van der Waals surface area contributed by atoms with Crippen molar-refractivity contribution in [1.29, 1.82) is 0 Å². The van der Waals surface area contributed by atoms with Crippen LogP contribution in [-0.2, 0) is 4.79 Å². The molecule has 3 N–H and O–H groups in total. The van der Waals surface area contributed by atoms with E-state index in [4.69, 9.17) is 5.11 Å². The molecule has 1 unspecified atom stereocenters. The second kappa shape index (κ2) is 8.69. The van der Waals surface area contributed by atoms with Gasteiger partial charge in [0.1, 0.15) is 0 Å². The predicted molar refractivity (Wildman–Crippen MR) is 109 cm³/mol. The number of rotatable bonds is 6. The molecule has 2 aromatic carbocycles. The van der Waals surface area contributed by atoms with E-state index in [1.165, 1.54) is 0 Å². The van der Waals surface area contributed by atoms with Crippen molar-refractivity contribution >= 4 is 23.5 Å². The Balaban J connectivity index is 1.99. The van der Waals surface area contributed by atoms with Gasteiger partial charge in [-0.1, -0.05) is 32.9 Å². The molecule has 2 amide bonds. The first-order valence-corrected chi connectivity index (χ1v) is 9.09. The maximum atomic E-state index is 12.4. The lowest BCUT2D eigenvalue weighted by Gasteiger charge is -2.18. The molecule has 0 spiro atoms. The molecule has 0 aliphatic heterocycles. The van der Waals surface area contributed by atoms with Crippen LogP contribution in [0.1, 0.15) is 59.9 Å². The fraction of sp³-hybridized carbons (Fsp3) is 0.318. The van der Waals surface area contributed by atoms with Crippen LogP contribution in [0.4, 0.5) is 5.69 Å². The number of hydrogen-bond donors (Lipinski definition) is 3. The molecular weight excluding hydrogens is 356 g/mol. The van der Waals surface area contributed by atoms with Gasteiger partial charge in [-0.3, -0.25) is 14.4 Å². The number of anilines is 1. The third-order valence-corrected chi connectivity index (χ3v) is 4.23. The van der Waals surface area contributed by atoms with Gasteiger partial charge in [-0.15, -0.1) is 0 Å². The average molecular weight is 382 g/mol. The van der Waals surface area contributed by atoms with E-state index in [2.05, 4.69) is 10.6 Å². The molecule has 1 atom stereocenters. The molecule has 0 heterocycles. The standard InChI is InChI=1S/C22H26N2O4/c1-14(21(27)28)15-9-11-18(12-10-15)24-20(26)17-7-5-16(6-8-17)19(25)23-13-22(2,3)4/h5-12,14H,13H2,1-4H3,(H,23,25)(H,24,26)(H,27,28). The molecule has 148 valence electrons. The summed E-state index contributed by atoms with van der Waals surface area (Å²) in [5.74, 6) is -1.99. The summed E-state index contributed by atoms with van der Waals surface area (Å²) < 4.78 is 0. The lowest BCUT2D eigenvalue weighted by molar-refractivity contribution is -0.138. The van der Waals surface area contributed by atoms with Gasteiger partial charge in [0.25, 0.3) is 11.8 Å². The van der Waals surface area contributed by atoms with Crippen LogP contribution in [0.25, 0.3) is 0 Å². The summed E-state index contributed by atoms with van der Waals surface area (Å²) in [6.45, 7) is 8.28. The van der Waals surface area contributed by atoms with Crippen LogP contribution in [0.3, 0.4) is 0 Å². The van der Waals surface area contributed by atoms with Crippen molar-refractivity contribution in [3.8, 4) is 0 Å². The van der Waals surface area contributed by atoms with E-state index < -0.39 is 11.9 Å². The van der Waals surface area contributed by atoms with Crippen LogP contribution in [-0.4, -0.2) is 29.4 Å². The average Bonchev–Trinajstić information content (AvgIpc) is 2.65. The van der Waals surface area contributed by atoms with E-state index in [0.29, 0.717) is 28.9 Å². The van der Waals surface area contributed by atoms with E-state index in [9.17, 15) is 14.4 Å². The Morgan fingerprint density at radius 1 is 0.893 bits per heavy atom.